The smallest absolute Gasteiger partial charge is 0.164 e. The Hall–Kier alpha value is -0.240. The molecule has 1 heterocycles. The molecule has 1 aromatic carbocycles. The van der Waals surface area contributed by atoms with Crippen LogP contribution in [0.4, 0.5) is 5.69 Å². The number of halogens is 1. The molecule has 1 aromatic rings. The minimum Gasteiger partial charge on any atom is -0.384 e. The van der Waals surface area contributed by atoms with E-state index in [9.17, 15) is 8.42 Å². The van der Waals surface area contributed by atoms with Gasteiger partial charge in [-0.1, -0.05) is 15.9 Å². The Morgan fingerprint density at radius 1 is 1.40 bits per heavy atom. The second kappa shape index (κ2) is 7.15. The van der Waals surface area contributed by atoms with Crippen LogP contribution in [0.3, 0.4) is 0 Å². The number of nitrogens with one attached hydrogen (secondary N) is 1. The lowest BCUT2D eigenvalue weighted by Gasteiger charge is -2.34. The van der Waals surface area contributed by atoms with E-state index in [1.165, 1.54) is 6.26 Å². The van der Waals surface area contributed by atoms with Crippen molar-refractivity contribution in [1.29, 1.82) is 0 Å². The van der Waals surface area contributed by atoms with Crippen LogP contribution in [0.5, 0.6) is 0 Å². The van der Waals surface area contributed by atoms with Gasteiger partial charge in [0.1, 0.15) is 5.37 Å². The summed E-state index contributed by atoms with van der Waals surface area (Å²) in [7, 11) is -3.00. The van der Waals surface area contributed by atoms with Crippen LogP contribution in [0, 0.1) is 0 Å². The van der Waals surface area contributed by atoms with Crippen molar-refractivity contribution in [1.82, 2.24) is 4.90 Å². The first-order valence-electron chi connectivity index (χ1n) is 6.47. The minimum atomic E-state index is -3.00. The number of thioether (sulfide) groups is 1. The maximum absolute atomic E-state index is 11.8. The number of hydrogen-bond acceptors (Lipinski definition) is 5. The second-order valence-electron chi connectivity index (χ2n) is 4.83. The average Bonchev–Trinajstić information content (AvgIpc) is 2.40. The van der Waals surface area contributed by atoms with E-state index in [0.717, 1.165) is 35.5 Å². The van der Waals surface area contributed by atoms with Crippen molar-refractivity contribution in [3.8, 4) is 0 Å². The summed E-state index contributed by atoms with van der Waals surface area (Å²) in [6.07, 6.45) is 1.33. The molecular weight excluding hydrogens is 360 g/mol. The van der Waals surface area contributed by atoms with E-state index in [0.29, 0.717) is 5.75 Å². The Morgan fingerprint density at radius 2 is 2.10 bits per heavy atom. The maximum Gasteiger partial charge on any atom is 0.164 e. The van der Waals surface area contributed by atoms with Crippen LogP contribution in [0.1, 0.15) is 0 Å². The summed E-state index contributed by atoms with van der Waals surface area (Å²) in [4.78, 5) is 2.07. The molecule has 2 rings (SSSR count). The molecule has 1 unspecified atom stereocenters. The molecule has 112 valence electrons. The molecule has 4 nitrogen and oxygen atoms in total. The number of benzene rings is 1. The first kappa shape index (κ1) is 16.1. The van der Waals surface area contributed by atoms with Crippen LogP contribution in [0.25, 0.3) is 0 Å². The fourth-order valence-electron chi connectivity index (χ4n) is 2.18. The number of nitrogens with zero attached hydrogens (tertiary/aromatic N) is 1. The van der Waals surface area contributed by atoms with Gasteiger partial charge in [0.05, 0.1) is 0 Å². The molecule has 7 heteroatoms. The molecule has 0 radical (unpaired) electrons. The summed E-state index contributed by atoms with van der Waals surface area (Å²) in [6, 6.07) is 7.98. The third-order valence-corrected chi connectivity index (χ3v) is 6.47. The summed E-state index contributed by atoms with van der Waals surface area (Å²) in [5.41, 5.74) is 1.05. The molecule has 1 fully saturated rings. The van der Waals surface area contributed by atoms with Crippen molar-refractivity contribution >= 4 is 43.2 Å². The zero-order valence-corrected chi connectivity index (χ0v) is 14.6. The highest BCUT2D eigenvalue weighted by atomic mass is 79.9. The Balaban J connectivity index is 1.87. The highest BCUT2D eigenvalue weighted by molar-refractivity contribution is 9.10. The van der Waals surface area contributed by atoms with Crippen LogP contribution in [0.2, 0.25) is 0 Å². The van der Waals surface area contributed by atoms with Crippen molar-refractivity contribution in [2.75, 3.05) is 42.7 Å². The van der Waals surface area contributed by atoms with Gasteiger partial charge in [0, 0.05) is 47.6 Å². The number of anilines is 1. The topological polar surface area (TPSA) is 49.4 Å². The van der Waals surface area contributed by atoms with Crippen molar-refractivity contribution in [3.05, 3.63) is 28.7 Å². The molecule has 0 spiro atoms. The number of hydrogen-bond donors (Lipinski definition) is 1. The lowest BCUT2D eigenvalue weighted by Crippen LogP contribution is -2.48. The van der Waals surface area contributed by atoms with E-state index in [2.05, 4.69) is 26.1 Å². The summed E-state index contributed by atoms with van der Waals surface area (Å²) in [5, 5.41) is 2.99. The molecular formula is C13H19BrN2O2S2. The molecule has 1 N–H and O–H groups in total. The number of sulfone groups is 1. The normalized spacial score (nSPS) is 20.8. The first-order valence-corrected chi connectivity index (χ1v) is 10.4. The quantitative estimate of drug-likeness (QED) is 0.851. The molecule has 0 saturated carbocycles. The molecule has 1 aliphatic heterocycles. The van der Waals surface area contributed by atoms with Crippen LogP contribution in [-0.2, 0) is 9.84 Å². The van der Waals surface area contributed by atoms with E-state index >= 15 is 0 Å². The van der Waals surface area contributed by atoms with Gasteiger partial charge in [0.15, 0.2) is 9.84 Å². The van der Waals surface area contributed by atoms with Gasteiger partial charge in [0.25, 0.3) is 0 Å². The van der Waals surface area contributed by atoms with Crippen LogP contribution in [-0.4, -0.2) is 56.1 Å². The lowest BCUT2D eigenvalue weighted by atomic mass is 10.3. The molecule has 1 atom stereocenters. The molecule has 0 amide bonds. The maximum atomic E-state index is 11.8. The highest BCUT2D eigenvalue weighted by Crippen LogP contribution is 2.20. The standard InChI is InChI=1S/C13H19BrN2O2S2/c1-20(17,18)13-10-19-9-8-16(13)7-6-15-12-4-2-11(14)3-5-12/h2-5,13,15H,6-10H2,1H3. The van der Waals surface area contributed by atoms with Gasteiger partial charge in [-0.25, -0.2) is 8.42 Å². The zero-order chi connectivity index (χ0) is 14.6. The molecule has 20 heavy (non-hydrogen) atoms. The molecule has 1 saturated heterocycles. The largest absolute Gasteiger partial charge is 0.384 e. The Labute approximate surface area is 133 Å². The van der Waals surface area contributed by atoms with Gasteiger partial charge >= 0.3 is 0 Å². The summed E-state index contributed by atoms with van der Waals surface area (Å²) in [5.74, 6) is 1.68. The third kappa shape index (κ3) is 4.65. The van der Waals surface area contributed by atoms with Crippen molar-refractivity contribution < 1.29 is 8.42 Å². The van der Waals surface area contributed by atoms with Crippen molar-refractivity contribution in [2.24, 2.45) is 0 Å². The molecule has 0 aromatic heterocycles. The molecule has 1 aliphatic rings. The predicted octanol–water partition coefficient (Wildman–Crippen LogP) is 2.28. The SMILES string of the molecule is CS(=O)(=O)C1CSCCN1CCNc1ccc(Br)cc1. The van der Waals surface area contributed by atoms with E-state index in [4.69, 9.17) is 0 Å². The van der Waals surface area contributed by atoms with Gasteiger partial charge in [-0.05, 0) is 24.3 Å². The van der Waals surface area contributed by atoms with Crippen LogP contribution < -0.4 is 5.32 Å². The molecule has 0 aliphatic carbocycles. The third-order valence-electron chi connectivity index (χ3n) is 3.26. The van der Waals surface area contributed by atoms with E-state index in [1.54, 1.807) is 11.8 Å². The van der Waals surface area contributed by atoms with Gasteiger partial charge in [-0.15, -0.1) is 0 Å². The monoisotopic (exact) mass is 378 g/mol. The Kier molecular flexibility index (Phi) is 5.77. The van der Waals surface area contributed by atoms with Gasteiger partial charge < -0.3 is 5.32 Å². The van der Waals surface area contributed by atoms with Crippen molar-refractivity contribution in [3.63, 3.8) is 0 Å². The van der Waals surface area contributed by atoms with Gasteiger partial charge in [-0.2, -0.15) is 11.8 Å². The molecule has 0 bridgehead atoms. The van der Waals surface area contributed by atoms with Crippen LogP contribution >= 0.6 is 27.7 Å². The van der Waals surface area contributed by atoms with E-state index < -0.39 is 9.84 Å². The second-order valence-corrected chi connectivity index (χ2v) is 9.10. The summed E-state index contributed by atoms with van der Waals surface area (Å²) in [6.45, 7) is 2.33. The van der Waals surface area contributed by atoms with E-state index in [-0.39, 0.29) is 5.37 Å². The van der Waals surface area contributed by atoms with Crippen molar-refractivity contribution in [2.45, 2.75) is 5.37 Å². The van der Waals surface area contributed by atoms with E-state index in [1.807, 2.05) is 24.3 Å². The van der Waals surface area contributed by atoms with Gasteiger partial charge in [-0.3, -0.25) is 4.90 Å². The first-order chi connectivity index (χ1) is 9.47. The summed E-state index contributed by atoms with van der Waals surface area (Å²) >= 11 is 5.12. The average molecular weight is 379 g/mol. The zero-order valence-electron chi connectivity index (χ0n) is 11.4. The number of rotatable bonds is 5. The van der Waals surface area contributed by atoms with Crippen LogP contribution in [0.15, 0.2) is 28.7 Å². The van der Waals surface area contributed by atoms with Gasteiger partial charge in [0.2, 0.25) is 0 Å². The lowest BCUT2D eigenvalue weighted by molar-refractivity contribution is 0.281. The predicted molar refractivity (Wildman–Crippen MR) is 90.2 cm³/mol. The minimum absolute atomic E-state index is 0.340. The fraction of sp³-hybridized carbons (Fsp3) is 0.538. The Morgan fingerprint density at radius 3 is 2.75 bits per heavy atom. The highest BCUT2D eigenvalue weighted by Gasteiger charge is 2.30. The fourth-order valence-corrected chi connectivity index (χ4v) is 5.41. The Bertz CT molecular complexity index is 534. The summed E-state index contributed by atoms with van der Waals surface area (Å²) < 4.78 is 24.6.